The van der Waals surface area contributed by atoms with Gasteiger partial charge in [0.1, 0.15) is 5.75 Å². The number of nitrogens with one attached hydrogen (secondary N) is 1. The standard InChI is InChI=1S/C13H21NO2/c1-10(8-14-11(2)9-15)12-4-6-13(16-3)7-5-12/h4-7,10-11,14-15H,8-9H2,1-3H3. The number of ether oxygens (including phenoxy) is 1. The molecule has 90 valence electrons. The molecule has 2 atom stereocenters. The molecule has 0 fully saturated rings. The summed E-state index contributed by atoms with van der Waals surface area (Å²) in [6, 6.07) is 8.26. The van der Waals surface area contributed by atoms with Crippen LogP contribution >= 0.6 is 0 Å². The Labute approximate surface area is 97.4 Å². The van der Waals surface area contributed by atoms with Gasteiger partial charge in [0.25, 0.3) is 0 Å². The minimum Gasteiger partial charge on any atom is -0.497 e. The topological polar surface area (TPSA) is 41.5 Å². The van der Waals surface area contributed by atoms with Gasteiger partial charge < -0.3 is 15.2 Å². The van der Waals surface area contributed by atoms with Crippen molar-refractivity contribution in [1.82, 2.24) is 5.32 Å². The molecule has 0 radical (unpaired) electrons. The summed E-state index contributed by atoms with van der Waals surface area (Å²) in [5.41, 5.74) is 1.28. The Morgan fingerprint density at radius 1 is 1.25 bits per heavy atom. The molecular weight excluding hydrogens is 202 g/mol. The molecule has 0 saturated heterocycles. The first-order chi connectivity index (χ1) is 7.67. The molecular formula is C13H21NO2. The molecule has 0 aliphatic carbocycles. The lowest BCUT2D eigenvalue weighted by Crippen LogP contribution is -2.32. The van der Waals surface area contributed by atoms with Crippen molar-refractivity contribution < 1.29 is 9.84 Å². The summed E-state index contributed by atoms with van der Waals surface area (Å²) in [4.78, 5) is 0. The first kappa shape index (κ1) is 13.0. The third-order valence-corrected chi connectivity index (χ3v) is 2.73. The van der Waals surface area contributed by atoms with Gasteiger partial charge in [-0.1, -0.05) is 19.1 Å². The fourth-order valence-corrected chi connectivity index (χ4v) is 1.49. The Morgan fingerprint density at radius 3 is 2.38 bits per heavy atom. The van der Waals surface area contributed by atoms with Crippen LogP contribution in [0.15, 0.2) is 24.3 Å². The number of aliphatic hydroxyl groups excluding tert-OH is 1. The van der Waals surface area contributed by atoms with E-state index in [-0.39, 0.29) is 12.6 Å². The van der Waals surface area contributed by atoms with E-state index < -0.39 is 0 Å². The molecule has 1 rings (SSSR count). The number of methoxy groups -OCH3 is 1. The van der Waals surface area contributed by atoms with Crippen molar-refractivity contribution in [3.8, 4) is 5.75 Å². The van der Waals surface area contributed by atoms with Gasteiger partial charge in [0.2, 0.25) is 0 Å². The number of hydrogen-bond acceptors (Lipinski definition) is 3. The summed E-state index contributed by atoms with van der Waals surface area (Å²) >= 11 is 0. The Hall–Kier alpha value is -1.06. The van der Waals surface area contributed by atoms with Crippen LogP contribution < -0.4 is 10.1 Å². The second kappa shape index (κ2) is 6.51. The summed E-state index contributed by atoms with van der Waals surface area (Å²) in [6.45, 7) is 5.18. The van der Waals surface area contributed by atoms with Gasteiger partial charge in [-0.25, -0.2) is 0 Å². The number of hydrogen-bond donors (Lipinski definition) is 2. The predicted octanol–water partition coefficient (Wildman–Crippen LogP) is 1.77. The SMILES string of the molecule is COc1ccc(C(C)CNC(C)CO)cc1. The molecule has 0 heterocycles. The van der Waals surface area contributed by atoms with E-state index in [0.717, 1.165) is 12.3 Å². The second-order valence-electron chi connectivity index (χ2n) is 4.17. The van der Waals surface area contributed by atoms with Crippen LogP contribution in [0.5, 0.6) is 5.75 Å². The molecule has 0 aromatic heterocycles. The van der Waals surface area contributed by atoms with E-state index in [9.17, 15) is 0 Å². The highest BCUT2D eigenvalue weighted by Crippen LogP contribution is 2.18. The van der Waals surface area contributed by atoms with E-state index in [1.807, 2.05) is 19.1 Å². The molecule has 16 heavy (non-hydrogen) atoms. The zero-order chi connectivity index (χ0) is 12.0. The summed E-state index contributed by atoms with van der Waals surface area (Å²) in [6.07, 6.45) is 0. The third-order valence-electron chi connectivity index (χ3n) is 2.73. The van der Waals surface area contributed by atoms with Gasteiger partial charge in [0.15, 0.2) is 0 Å². The Bertz CT molecular complexity index is 297. The molecule has 0 amide bonds. The van der Waals surface area contributed by atoms with Crippen molar-refractivity contribution in [2.45, 2.75) is 25.8 Å². The first-order valence-electron chi connectivity index (χ1n) is 5.65. The lowest BCUT2D eigenvalue weighted by atomic mass is 10.0. The van der Waals surface area contributed by atoms with Crippen molar-refractivity contribution in [1.29, 1.82) is 0 Å². The maximum atomic E-state index is 8.91. The van der Waals surface area contributed by atoms with Gasteiger partial charge >= 0.3 is 0 Å². The molecule has 0 bridgehead atoms. The minimum atomic E-state index is 0.153. The van der Waals surface area contributed by atoms with Gasteiger partial charge in [-0.05, 0) is 30.5 Å². The number of rotatable bonds is 6. The fourth-order valence-electron chi connectivity index (χ4n) is 1.49. The Balaban J connectivity index is 2.49. The third kappa shape index (κ3) is 3.83. The lowest BCUT2D eigenvalue weighted by molar-refractivity contribution is 0.250. The maximum Gasteiger partial charge on any atom is 0.118 e. The van der Waals surface area contributed by atoms with Crippen LogP contribution in [0, 0.1) is 0 Å². The van der Waals surface area contributed by atoms with Crippen LogP contribution in [0.2, 0.25) is 0 Å². The van der Waals surface area contributed by atoms with Crippen molar-refractivity contribution in [3.63, 3.8) is 0 Å². The molecule has 3 nitrogen and oxygen atoms in total. The minimum absolute atomic E-state index is 0.153. The monoisotopic (exact) mass is 223 g/mol. The lowest BCUT2D eigenvalue weighted by Gasteiger charge is -2.16. The van der Waals surface area contributed by atoms with Crippen LogP contribution in [0.4, 0.5) is 0 Å². The summed E-state index contributed by atoms with van der Waals surface area (Å²) in [5.74, 6) is 1.31. The van der Waals surface area contributed by atoms with Crippen LogP contribution in [-0.4, -0.2) is 31.4 Å². The summed E-state index contributed by atoms with van der Waals surface area (Å²) < 4.78 is 5.12. The van der Waals surface area contributed by atoms with E-state index in [2.05, 4.69) is 24.4 Å². The van der Waals surface area contributed by atoms with E-state index in [0.29, 0.717) is 5.92 Å². The van der Waals surface area contributed by atoms with Gasteiger partial charge in [0.05, 0.1) is 13.7 Å². The van der Waals surface area contributed by atoms with Crippen molar-refractivity contribution >= 4 is 0 Å². The maximum absolute atomic E-state index is 8.91. The number of aliphatic hydroxyl groups is 1. The molecule has 0 spiro atoms. The van der Waals surface area contributed by atoms with E-state index in [4.69, 9.17) is 9.84 Å². The molecule has 0 aliphatic rings. The van der Waals surface area contributed by atoms with Gasteiger partial charge in [-0.15, -0.1) is 0 Å². The smallest absolute Gasteiger partial charge is 0.118 e. The van der Waals surface area contributed by atoms with E-state index >= 15 is 0 Å². The van der Waals surface area contributed by atoms with Gasteiger partial charge in [-0.3, -0.25) is 0 Å². The fraction of sp³-hybridized carbons (Fsp3) is 0.538. The predicted molar refractivity (Wildman–Crippen MR) is 66.0 cm³/mol. The number of benzene rings is 1. The molecule has 1 aromatic carbocycles. The largest absolute Gasteiger partial charge is 0.497 e. The van der Waals surface area contributed by atoms with Crippen LogP contribution in [0.1, 0.15) is 25.3 Å². The zero-order valence-corrected chi connectivity index (χ0v) is 10.2. The molecule has 2 N–H and O–H groups in total. The van der Waals surface area contributed by atoms with E-state index in [1.165, 1.54) is 5.56 Å². The average molecular weight is 223 g/mol. The highest BCUT2D eigenvalue weighted by Gasteiger charge is 2.07. The highest BCUT2D eigenvalue weighted by atomic mass is 16.5. The molecule has 0 saturated carbocycles. The van der Waals surface area contributed by atoms with Crippen molar-refractivity contribution in [2.75, 3.05) is 20.3 Å². The first-order valence-corrected chi connectivity index (χ1v) is 5.65. The summed E-state index contributed by atoms with van der Waals surface area (Å²) in [5, 5.41) is 12.2. The molecule has 2 unspecified atom stereocenters. The van der Waals surface area contributed by atoms with E-state index in [1.54, 1.807) is 7.11 Å². The normalized spacial score (nSPS) is 14.5. The summed E-state index contributed by atoms with van der Waals surface area (Å²) in [7, 11) is 1.67. The Morgan fingerprint density at radius 2 is 1.88 bits per heavy atom. The molecule has 0 aliphatic heterocycles. The van der Waals surface area contributed by atoms with Crippen LogP contribution in [-0.2, 0) is 0 Å². The van der Waals surface area contributed by atoms with Crippen molar-refractivity contribution in [2.24, 2.45) is 0 Å². The zero-order valence-electron chi connectivity index (χ0n) is 10.2. The quantitative estimate of drug-likeness (QED) is 0.772. The van der Waals surface area contributed by atoms with Crippen LogP contribution in [0.25, 0.3) is 0 Å². The molecule has 3 heteroatoms. The van der Waals surface area contributed by atoms with Gasteiger partial charge in [-0.2, -0.15) is 0 Å². The van der Waals surface area contributed by atoms with Crippen molar-refractivity contribution in [3.05, 3.63) is 29.8 Å². The second-order valence-corrected chi connectivity index (χ2v) is 4.17. The average Bonchev–Trinajstić information content (AvgIpc) is 2.35. The Kier molecular flexibility index (Phi) is 5.29. The molecule has 1 aromatic rings. The highest BCUT2D eigenvalue weighted by molar-refractivity contribution is 5.29. The van der Waals surface area contributed by atoms with Crippen LogP contribution in [0.3, 0.4) is 0 Å². The van der Waals surface area contributed by atoms with Gasteiger partial charge in [0, 0.05) is 12.6 Å².